The van der Waals surface area contributed by atoms with Gasteiger partial charge in [-0.05, 0) is 83.9 Å². The van der Waals surface area contributed by atoms with Crippen molar-refractivity contribution < 1.29 is 24.2 Å². The second kappa shape index (κ2) is 13.6. The van der Waals surface area contributed by atoms with E-state index in [1.807, 2.05) is 35.8 Å². The van der Waals surface area contributed by atoms with E-state index in [0.29, 0.717) is 27.9 Å². The quantitative estimate of drug-likeness (QED) is 0.191. The van der Waals surface area contributed by atoms with Gasteiger partial charge in [0.25, 0.3) is 0 Å². The number of aromatic nitrogens is 3. The Morgan fingerprint density at radius 3 is 2.42 bits per heavy atom. The van der Waals surface area contributed by atoms with E-state index >= 15 is 0 Å². The number of halogens is 1. The number of nitrogens with zero attached hydrogens (tertiary/aromatic N) is 4. The fraction of sp³-hybridized carbons (Fsp3) is 0.314. The lowest BCUT2D eigenvalue weighted by molar-refractivity contribution is -0.116. The Morgan fingerprint density at radius 1 is 1.04 bits per heavy atom. The van der Waals surface area contributed by atoms with Crippen LogP contribution in [0.3, 0.4) is 0 Å². The van der Waals surface area contributed by atoms with Gasteiger partial charge in [-0.15, -0.1) is 21.5 Å². The van der Waals surface area contributed by atoms with Crippen LogP contribution in [-0.4, -0.2) is 55.7 Å². The summed E-state index contributed by atoms with van der Waals surface area (Å²) >= 11 is 7.83. The van der Waals surface area contributed by atoms with E-state index in [0.717, 1.165) is 32.3 Å². The molecule has 2 aromatic carbocycles. The molecule has 0 saturated carbocycles. The van der Waals surface area contributed by atoms with E-state index < -0.39 is 23.7 Å². The summed E-state index contributed by atoms with van der Waals surface area (Å²) in [6, 6.07) is 9.67. The zero-order valence-electron chi connectivity index (χ0n) is 27.6. The molecule has 0 saturated heterocycles. The Kier molecular flexibility index (Phi) is 9.75. The molecule has 0 fully saturated rings. The summed E-state index contributed by atoms with van der Waals surface area (Å²) in [5, 5.41) is 25.6. The normalized spacial score (nSPS) is 13.7. The number of hydrogen-bond donors (Lipinski definition) is 3. The number of ether oxygens (including phenoxy) is 1. The van der Waals surface area contributed by atoms with Crippen molar-refractivity contribution in [2.24, 2.45) is 4.99 Å². The van der Waals surface area contributed by atoms with Crippen molar-refractivity contribution in [1.29, 1.82) is 0 Å². The van der Waals surface area contributed by atoms with Gasteiger partial charge in [0, 0.05) is 32.3 Å². The van der Waals surface area contributed by atoms with Gasteiger partial charge < -0.3 is 20.5 Å². The number of alkyl carbamates (subject to hydrolysis) is 1. The predicted molar refractivity (Wildman–Crippen MR) is 186 cm³/mol. The first kappa shape index (κ1) is 34.3. The number of hydrogen-bond acceptors (Lipinski definition) is 8. The van der Waals surface area contributed by atoms with Crippen molar-refractivity contribution in [2.75, 3.05) is 11.9 Å². The number of rotatable bonds is 6. The number of carboxylic acid groups (broad SMARTS) is 1. The molecular formula is C35H35ClN6O5S. The van der Waals surface area contributed by atoms with E-state index in [4.69, 9.17) is 21.3 Å². The lowest BCUT2D eigenvalue weighted by Crippen LogP contribution is -2.32. The fourth-order valence-electron chi connectivity index (χ4n) is 5.26. The van der Waals surface area contributed by atoms with Crippen LogP contribution in [0.5, 0.6) is 0 Å². The van der Waals surface area contributed by atoms with Gasteiger partial charge in [0.1, 0.15) is 22.5 Å². The van der Waals surface area contributed by atoms with Crippen molar-refractivity contribution in [3.05, 3.63) is 91.3 Å². The molecule has 1 aliphatic heterocycles. The van der Waals surface area contributed by atoms with Crippen LogP contribution >= 0.6 is 22.9 Å². The zero-order valence-corrected chi connectivity index (χ0v) is 29.2. The molecule has 48 heavy (non-hydrogen) atoms. The number of carboxylic acids is 1. The van der Waals surface area contributed by atoms with Crippen LogP contribution in [0.2, 0.25) is 5.02 Å². The highest BCUT2D eigenvalue weighted by atomic mass is 35.5. The number of carbonyl (C=O) groups is 3. The Morgan fingerprint density at radius 2 is 1.75 bits per heavy atom. The van der Waals surface area contributed by atoms with Crippen molar-refractivity contribution in [2.45, 2.75) is 66.5 Å². The van der Waals surface area contributed by atoms with E-state index in [1.54, 1.807) is 39.0 Å². The summed E-state index contributed by atoms with van der Waals surface area (Å²) < 4.78 is 7.18. The van der Waals surface area contributed by atoms with Gasteiger partial charge in [0.2, 0.25) is 5.91 Å². The topological polar surface area (TPSA) is 148 Å². The largest absolute Gasteiger partial charge is 0.478 e. The van der Waals surface area contributed by atoms with Gasteiger partial charge in [-0.25, -0.2) is 9.59 Å². The monoisotopic (exact) mass is 686 g/mol. The van der Waals surface area contributed by atoms with Crippen LogP contribution in [0.25, 0.3) is 5.00 Å². The first-order valence-electron chi connectivity index (χ1n) is 15.1. The summed E-state index contributed by atoms with van der Waals surface area (Å²) in [4.78, 5) is 44.0. The van der Waals surface area contributed by atoms with Crippen LogP contribution in [-0.2, 0) is 9.53 Å². The molecule has 13 heteroatoms. The number of benzene rings is 2. The maximum absolute atomic E-state index is 13.7. The Hall–Kier alpha value is -4.99. The number of aromatic carboxylic acids is 1. The second-order valence-corrected chi connectivity index (χ2v) is 13.9. The smallest absolute Gasteiger partial charge is 0.408 e. The first-order valence-corrected chi connectivity index (χ1v) is 16.3. The third-order valence-electron chi connectivity index (χ3n) is 7.64. The van der Waals surface area contributed by atoms with Crippen LogP contribution < -0.4 is 10.6 Å². The summed E-state index contributed by atoms with van der Waals surface area (Å²) in [6.07, 6.45) is -0.705. The Balaban J connectivity index is 1.46. The van der Waals surface area contributed by atoms with Crippen molar-refractivity contribution in [3.63, 3.8) is 0 Å². The van der Waals surface area contributed by atoms with E-state index in [9.17, 15) is 19.5 Å². The number of aryl methyl sites for hydroxylation is 2. The third kappa shape index (κ3) is 7.27. The highest BCUT2D eigenvalue weighted by Crippen LogP contribution is 2.39. The number of anilines is 1. The number of nitrogens with one attached hydrogen (secondary N) is 2. The number of thiophene rings is 1. The van der Waals surface area contributed by atoms with E-state index in [2.05, 4.69) is 46.5 Å². The average Bonchev–Trinajstić information content (AvgIpc) is 3.48. The second-order valence-electron chi connectivity index (χ2n) is 12.3. The molecule has 1 atom stereocenters. The van der Waals surface area contributed by atoms with Crippen molar-refractivity contribution >= 4 is 52.3 Å². The molecule has 0 unspecified atom stereocenters. The van der Waals surface area contributed by atoms with Gasteiger partial charge in [-0.3, -0.25) is 14.4 Å². The molecule has 5 rings (SSSR count). The molecule has 3 N–H and O–H groups in total. The minimum absolute atomic E-state index is 0.0309. The first-order chi connectivity index (χ1) is 22.6. The molecule has 0 radical (unpaired) electrons. The molecule has 3 heterocycles. The standard InChI is InChI=1S/C35H35ClN6O5S/c1-18-20(3)48-32-29(18)30(22-10-12-23(36)13-11-22)39-27(31-41-40-21(4)42(31)32)17-28(43)38-26-15-14-25(33(44)45)24(19(26)2)9-8-16-37-34(46)47-35(5,6)7/h10-15,27H,16-17H2,1-7H3,(H,37,46)(H,38,43)(H,44,45)/t27-/m0/s1. The zero-order chi connectivity index (χ0) is 34.9. The fourth-order valence-corrected chi connectivity index (χ4v) is 6.60. The van der Waals surface area contributed by atoms with Crippen LogP contribution in [0.1, 0.15) is 87.9 Å². The van der Waals surface area contributed by atoms with Crippen molar-refractivity contribution in [3.8, 4) is 16.8 Å². The van der Waals surface area contributed by atoms with Gasteiger partial charge in [0.15, 0.2) is 5.82 Å². The average molecular weight is 687 g/mol. The number of amides is 2. The van der Waals surface area contributed by atoms with E-state index in [-0.39, 0.29) is 30.0 Å². The minimum atomic E-state index is -1.17. The molecule has 1 aliphatic rings. The highest BCUT2D eigenvalue weighted by molar-refractivity contribution is 7.15. The van der Waals surface area contributed by atoms with Gasteiger partial charge in [0.05, 0.1) is 24.2 Å². The maximum Gasteiger partial charge on any atom is 0.408 e. The SMILES string of the molecule is Cc1sc2c(c1C)C(c1ccc(Cl)cc1)=N[C@@H](CC(=O)Nc1ccc(C(=O)O)c(C#CCNC(=O)OC(C)(C)C)c1C)c1nnc(C)n1-2. The Bertz CT molecular complexity index is 2030. The van der Waals surface area contributed by atoms with E-state index in [1.165, 1.54) is 12.1 Å². The number of carbonyl (C=O) groups excluding carboxylic acids is 2. The van der Waals surface area contributed by atoms with Gasteiger partial charge in [-0.1, -0.05) is 35.6 Å². The van der Waals surface area contributed by atoms with Crippen molar-refractivity contribution in [1.82, 2.24) is 20.1 Å². The third-order valence-corrected chi connectivity index (χ3v) is 9.08. The Labute approximate surface area is 287 Å². The minimum Gasteiger partial charge on any atom is -0.478 e. The molecule has 4 aromatic rings. The van der Waals surface area contributed by atoms with Gasteiger partial charge in [-0.2, -0.15) is 0 Å². The molecule has 248 valence electrons. The lowest BCUT2D eigenvalue weighted by atomic mass is 9.99. The molecule has 2 amide bonds. The summed E-state index contributed by atoms with van der Waals surface area (Å²) in [5.74, 6) is 5.30. The van der Waals surface area contributed by atoms with Crippen LogP contribution in [0.15, 0.2) is 41.4 Å². The summed E-state index contributed by atoms with van der Waals surface area (Å²) in [7, 11) is 0. The maximum atomic E-state index is 13.7. The van der Waals surface area contributed by atoms with Crippen LogP contribution in [0, 0.1) is 39.5 Å². The molecule has 2 aromatic heterocycles. The summed E-state index contributed by atoms with van der Waals surface area (Å²) in [5.41, 5.74) is 3.99. The molecule has 11 nitrogen and oxygen atoms in total. The molecular weight excluding hydrogens is 652 g/mol. The molecule has 0 aliphatic carbocycles. The molecule has 0 bridgehead atoms. The number of aliphatic imine (C=N–C) groups is 1. The van der Waals surface area contributed by atoms with Gasteiger partial charge >= 0.3 is 12.1 Å². The summed E-state index contributed by atoms with van der Waals surface area (Å²) in [6.45, 7) is 12.8. The van der Waals surface area contributed by atoms with Crippen LogP contribution in [0.4, 0.5) is 10.5 Å². The predicted octanol–water partition coefficient (Wildman–Crippen LogP) is 6.71. The molecule has 0 spiro atoms. The highest BCUT2D eigenvalue weighted by Gasteiger charge is 2.32. The number of fused-ring (bicyclic) bond motifs is 3. The lowest BCUT2D eigenvalue weighted by Gasteiger charge is -2.19.